The first-order valence-electron chi connectivity index (χ1n) is 12.6. The van der Waals surface area contributed by atoms with Gasteiger partial charge in [0.05, 0.1) is 18.7 Å². The molecule has 18 nitrogen and oxygen atoms in total. The molecule has 0 aliphatic rings. The number of nitrogens with zero attached hydrogens (tertiary/aromatic N) is 3. The second-order valence-corrected chi connectivity index (χ2v) is 9.07. The second kappa shape index (κ2) is 16.2. The van der Waals surface area contributed by atoms with Crippen LogP contribution < -0.4 is 33.2 Å². The van der Waals surface area contributed by atoms with Crippen molar-refractivity contribution >= 4 is 35.6 Å². The molecule has 2 rings (SSSR count). The Morgan fingerprint density at radius 1 is 0.829 bits per heavy atom. The molecular formula is C23H35N11O7. The van der Waals surface area contributed by atoms with E-state index in [4.69, 9.17) is 22.3 Å². The lowest BCUT2D eigenvalue weighted by molar-refractivity contribution is -0.142. The molecule has 0 saturated carbocycles. The van der Waals surface area contributed by atoms with Gasteiger partial charge in [0.25, 0.3) is 0 Å². The van der Waals surface area contributed by atoms with E-state index in [0.717, 1.165) is 0 Å². The van der Waals surface area contributed by atoms with Crippen molar-refractivity contribution in [1.29, 1.82) is 0 Å². The van der Waals surface area contributed by atoms with E-state index in [2.05, 4.69) is 40.9 Å². The van der Waals surface area contributed by atoms with Crippen LogP contribution >= 0.6 is 0 Å². The van der Waals surface area contributed by atoms with Crippen molar-refractivity contribution in [3.8, 4) is 0 Å². The van der Waals surface area contributed by atoms with Crippen molar-refractivity contribution < 1.29 is 34.2 Å². The number of rotatable bonds is 18. The first-order chi connectivity index (χ1) is 19.5. The number of H-pyrrole nitrogens is 2. The molecule has 0 fully saturated rings. The van der Waals surface area contributed by atoms with Gasteiger partial charge in [-0.15, -0.1) is 0 Å². The number of carboxylic acids is 2. The predicted octanol–water partition coefficient (Wildman–Crippen LogP) is -3.30. The van der Waals surface area contributed by atoms with Crippen molar-refractivity contribution in [3.05, 3.63) is 36.4 Å². The van der Waals surface area contributed by atoms with Gasteiger partial charge >= 0.3 is 11.9 Å². The molecule has 2 heterocycles. The Labute approximate surface area is 234 Å². The number of carbonyl (C=O) groups excluding carboxylic acids is 3. The zero-order valence-corrected chi connectivity index (χ0v) is 22.1. The number of aromatic nitrogens is 4. The molecule has 41 heavy (non-hydrogen) atoms. The summed E-state index contributed by atoms with van der Waals surface area (Å²) in [5.74, 6) is -5.11. The van der Waals surface area contributed by atoms with Crippen LogP contribution in [0.4, 0.5) is 0 Å². The summed E-state index contributed by atoms with van der Waals surface area (Å²) >= 11 is 0. The molecule has 0 aromatic carbocycles. The highest BCUT2D eigenvalue weighted by molar-refractivity contribution is 5.94. The third-order valence-electron chi connectivity index (χ3n) is 5.78. The lowest BCUT2D eigenvalue weighted by atomic mass is 10.1. The molecule has 224 valence electrons. The van der Waals surface area contributed by atoms with Gasteiger partial charge in [-0.3, -0.25) is 24.2 Å². The molecule has 18 heteroatoms. The van der Waals surface area contributed by atoms with E-state index in [0.29, 0.717) is 11.4 Å². The third-order valence-corrected chi connectivity index (χ3v) is 5.78. The van der Waals surface area contributed by atoms with Crippen LogP contribution in [0, 0.1) is 0 Å². The minimum absolute atomic E-state index is 0.00586. The van der Waals surface area contributed by atoms with Crippen LogP contribution in [-0.2, 0) is 36.8 Å². The maximum atomic E-state index is 13.2. The summed E-state index contributed by atoms with van der Waals surface area (Å²) in [5, 5.41) is 26.0. The largest absolute Gasteiger partial charge is 0.481 e. The fourth-order valence-electron chi connectivity index (χ4n) is 3.67. The van der Waals surface area contributed by atoms with Gasteiger partial charge in [-0.05, 0) is 19.3 Å². The highest BCUT2D eigenvalue weighted by atomic mass is 16.4. The van der Waals surface area contributed by atoms with Crippen LogP contribution in [0.25, 0.3) is 0 Å². The highest BCUT2D eigenvalue weighted by Gasteiger charge is 2.31. The summed E-state index contributed by atoms with van der Waals surface area (Å²) in [6.07, 6.45) is 5.08. The summed E-state index contributed by atoms with van der Waals surface area (Å²) in [6.45, 7) is 0.143. The average molecular weight is 578 g/mol. The van der Waals surface area contributed by atoms with Gasteiger partial charge in [-0.2, -0.15) is 0 Å². The Kier molecular flexibility index (Phi) is 12.7. The Balaban J connectivity index is 2.16. The van der Waals surface area contributed by atoms with Gasteiger partial charge in [0, 0.05) is 49.6 Å². The van der Waals surface area contributed by atoms with Crippen LogP contribution in [0.3, 0.4) is 0 Å². The minimum atomic E-state index is -1.36. The third kappa shape index (κ3) is 11.7. The van der Waals surface area contributed by atoms with E-state index in [9.17, 15) is 29.1 Å². The molecule has 0 aliphatic carbocycles. The van der Waals surface area contributed by atoms with Crippen molar-refractivity contribution in [1.82, 2.24) is 35.9 Å². The monoisotopic (exact) mass is 577 g/mol. The van der Waals surface area contributed by atoms with Crippen LogP contribution in [0.2, 0.25) is 0 Å². The Bertz CT molecular complexity index is 1180. The number of amides is 3. The molecule has 2 aromatic rings. The molecule has 3 amide bonds. The number of nitrogens with one attached hydrogen (secondary N) is 5. The zero-order chi connectivity index (χ0) is 30.4. The maximum absolute atomic E-state index is 13.2. The molecular weight excluding hydrogens is 542 g/mol. The van der Waals surface area contributed by atoms with E-state index in [1.807, 2.05) is 0 Å². The van der Waals surface area contributed by atoms with E-state index in [-0.39, 0.29) is 44.6 Å². The highest BCUT2D eigenvalue weighted by Crippen LogP contribution is 2.06. The first kappa shape index (κ1) is 32.2. The van der Waals surface area contributed by atoms with E-state index >= 15 is 0 Å². The fraction of sp³-hybridized carbons (Fsp3) is 0.478. The van der Waals surface area contributed by atoms with Crippen LogP contribution in [0.5, 0.6) is 0 Å². The molecule has 4 unspecified atom stereocenters. The van der Waals surface area contributed by atoms with Gasteiger partial charge in [0.2, 0.25) is 17.7 Å². The lowest BCUT2D eigenvalue weighted by Gasteiger charge is -2.25. The quantitative estimate of drug-likeness (QED) is 0.0473. The van der Waals surface area contributed by atoms with Gasteiger partial charge in [0.1, 0.15) is 18.1 Å². The average Bonchev–Trinajstić information content (AvgIpc) is 3.61. The van der Waals surface area contributed by atoms with E-state index < -0.39 is 60.2 Å². The first-order valence-corrected chi connectivity index (χ1v) is 12.6. The number of aliphatic imine (C=N–C) groups is 1. The number of hydrogen-bond donors (Lipinski definition) is 10. The molecule has 0 saturated heterocycles. The van der Waals surface area contributed by atoms with E-state index in [1.165, 1.54) is 25.0 Å². The zero-order valence-electron chi connectivity index (χ0n) is 22.1. The molecule has 2 aromatic heterocycles. The maximum Gasteiger partial charge on any atom is 0.326 e. The fourth-order valence-corrected chi connectivity index (χ4v) is 3.67. The van der Waals surface area contributed by atoms with Gasteiger partial charge in [-0.25, -0.2) is 14.8 Å². The van der Waals surface area contributed by atoms with Gasteiger partial charge < -0.3 is 53.3 Å². The van der Waals surface area contributed by atoms with Crippen molar-refractivity contribution in [2.24, 2.45) is 22.2 Å². The molecule has 0 aliphatic heterocycles. The minimum Gasteiger partial charge on any atom is -0.481 e. The Hall–Kier alpha value is -5.00. The van der Waals surface area contributed by atoms with Crippen LogP contribution in [-0.4, -0.2) is 96.5 Å². The lowest BCUT2D eigenvalue weighted by Crippen LogP contribution is -2.57. The van der Waals surface area contributed by atoms with Gasteiger partial charge in [-0.1, -0.05) is 0 Å². The molecule has 4 atom stereocenters. The number of guanidine groups is 1. The Morgan fingerprint density at radius 3 is 1.93 bits per heavy atom. The smallest absolute Gasteiger partial charge is 0.326 e. The van der Waals surface area contributed by atoms with Gasteiger partial charge in [0.15, 0.2) is 5.96 Å². The number of aliphatic carboxylic acids is 2. The summed E-state index contributed by atoms with van der Waals surface area (Å²) in [4.78, 5) is 79.1. The van der Waals surface area contributed by atoms with E-state index in [1.54, 1.807) is 0 Å². The second-order valence-electron chi connectivity index (χ2n) is 9.07. The standard InChI is InChI=1S/C23H35N11O7/c24-14(6-12-8-27-10-30-12)19(37)32-15(3-4-18(35)36)20(38)34-17(7-13-9-28-11-31-13)21(39)33-16(22(40)41)2-1-5-29-23(25)26/h8-11,14-17H,1-7,24H2,(H,27,30)(H,28,31)(H,32,37)(H,33,39)(H,34,38)(H,35,36)(H,40,41)(H4,25,26,29). The molecule has 0 radical (unpaired) electrons. The number of aromatic amines is 2. The van der Waals surface area contributed by atoms with Crippen molar-refractivity contribution in [2.45, 2.75) is 62.7 Å². The number of imidazole rings is 2. The van der Waals surface area contributed by atoms with Crippen LogP contribution in [0.15, 0.2) is 30.0 Å². The normalized spacial score (nSPS) is 13.7. The summed E-state index contributed by atoms with van der Waals surface area (Å²) < 4.78 is 0. The number of nitrogens with two attached hydrogens (primary N) is 3. The summed E-state index contributed by atoms with van der Waals surface area (Å²) in [7, 11) is 0. The molecule has 0 bridgehead atoms. The number of carboxylic acid groups (broad SMARTS) is 2. The summed E-state index contributed by atoms with van der Waals surface area (Å²) in [5.41, 5.74) is 17.5. The predicted molar refractivity (Wildman–Crippen MR) is 143 cm³/mol. The Morgan fingerprint density at radius 2 is 1.39 bits per heavy atom. The van der Waals surface area contributed by atoms with Crippen LogP contribution in [0.1, 0.15) is 37.1 Å². The molecule has 13 N–H and O–H groups in total. The topological polar surface area (TPSA) is 310 Å². The summed E-state index contributed by atoms with van der Waals surface area (Å²) in [6, 6.07) is -5.08. The SMILES string of the molecule is NC(N)=NCCCC(NC(=O)C(Cc1cnc[nH]1)NC(=O)C(CCC(=O)O)NC(=O)C(N)Cc1cnc[nH]1)C(=O)O. The van der Waals surface area contributed by atoms with Crippen molar-refractivity contribution in [2.75, 3.05) is 6.54 Å². The molecule has 0 spiro atoms. The van der Waals surface area contributed by atoms with Crippen molar-refractivity contribution in [3.63, 3.8) is 0 Å². The number of hydrogen-bond acceptors (Lipinski definition) is 9. The number of carbonyl (C=O) groups is 5.